The van der Waals surface area contributed by atoms with Gasteiger partial charge in [-0.05, 0) is 12.1 Å². The molecule has 0 fully saturated rings. The monoisotopic (exact) mass is 313 g/mol. The number of hydrogen-bond acceptors (Lipinski definition) is 4. The van der Waals surface area contributed by atoms with Crippen LogP contribution in [0.1, 0.15) is 0 Å². The summed E-state index contributed by atoms with van der Waals surface area (Å²) in [5.41, 5.74) is 0.125. The zero-order valence-corrected chi connectivity index (χ0v) is 11.5. The first-order chi connectivity index (χ1) is 9.45. The van der Waals surface area contributed by atoms with Crippen LogP contribution in [-0.4, -0.2) is 23.5 Å². The van der Waals surface area contributed by atoms with Crippen molar-refractivity contribution < 1.29 is 14.7 Å². The molecule has 104 valence electrons. The first-order valence-electron chi connectivity index (χ1n) is 5.26. The van der Waals surface area contributed by atoms with Gasteiger partial charge in [-0.25, -0.2) is 0 Å². The molecule has 1 aromatic carbocycles. The molecule has 0 saturated carbocycles. The number of carbonyl (C=O) groups excluding carboxylic acids is 1. The van der Waals surface area contributed by atoms with E-state index in [1.807, 2.05) is 0 Å². The number of hydrogen-bond donors (Lipinski definition) is 3. The van der Waals surface area contributed by atoms with Gasteiger partial charge in [-0.1, -0.05) is 29.3 Å². The highest BCUT2D eigenvalue weighted by Gasteiger charge is 2.10. The Morgan fingerprint density at radius 1 is 1.40 bits per heavy atom. The Bertz CT molecular complexity index is 608. The van der Waals surface area contributed by atoms with E-state index >= 15 is 0 Å². The molecular weight excluding hydrogens is 305 g/mol. The topological polar surface area (TPSA) is 102 Å². The lowest BCUT2D eigenvalue weighted by Gasteiger charge is -2.06. The van der Waals surface area contributed by atoms with Gasteiger partial charge in [-0.3, -0.25) is 9.59 Å². The Labute approximate surface area is 124 Å². The van der Waals surface area contributed by atoms with Crippen LogP contribution in [0.3, 0.4) is 0 Å². The first kappa shape index (κ1) is 15.8. The normalized spacial score (nSPS) is 10.6. The summed E-state index contributed by atoms with van der Waals surface area (Å²) in [7, 11) is 0. The molecule has 0 spiro atoms. The second-order valence-electron chi connectivity index (χ2n) is 3.49. The van der Waals surface area contributed by atoms with Gasteiger partial charge in [0.15, 0.2) is 0 Å². The average molecular weight is 314 g/mol. The lowest BCUT2D eigenvalue weighted by atomic mass is 10.2. The van der Waals surface area contributed by atoms with Crippen LogP contribution in [0.5, 0.6) is 0 Å². The van der Waals surface area contributed by atoms with Gasteiger partial charge in [0.2, 0.25) is 0 Å². The van der Waals surface area contributed by atoms with Crippen molar-refractivity contribution in [1.82, 2.24) is 5.32 Å². The zero-order chi connectivity index (χ0) is 15.1. The molecule has 6 nitrogen and oxygen atoms in total. The summed E-state index contributed by atoms with van der Waals surface area (Å²) in [6.07, 6.45) is 1.12. The summed E-state index contributed by atoms with van der Waals surface area (Å²) in [6, 6.07) is 6.48. The summed E-state index contributed by atoms with van der Waals surface area (Å²) in [5, 5.41) is 22.6. The quantitative estimate of drug-likeness (QED) is 0.570. The number of carboxylic acids is 1. The van der Waals surface area contributed by atoms with Crippen molar-refractivity contribution in [1.29, 1.82) is 5.26 Å². The van der Waals surface area contributed by atoms with Crippen LogP contribution in [0, 0.1) is 11.3 Å². The van der Waals surface area contributed by atoms with E-state index in [2.05, 4.69) is 10.6 Å². The Kier molecular flexibility index (Phi) is 5.84. The fraction of sp³-hybridized carbons (Fsp3) is 0.0833. The molecule has 0 aliphatic heterocycles. The Hall–Kier alpha value is -2.23. The molecular formula is C12H9Cl2N3O3. The Morgan fingerprint density at radius 2 is 2.10 bits per heavy atom. The number of halogens is 2. The number of carboxylic acid groups (broad SMARTS) is 1. The van der Waals surface area contributed by atoms with E-state index in [4.69, 9.17) is 33.6 Å². The molecule has 0 unspecified atom stereocenters. The third kappa shape index (κ3) is 4.46. The molecule has 0 aliphatic carbocycles. The Balaban J connectivity index is 2.80. The first-order valence-corrected chi connectivity index (χ1v) is 6.02. The average Bonchev–Trinajstić information content (AvgIpc) is 2.41. The second kappa shape index (κ2) is 7.38. The van der Waals surface area contributed by atoms with E-state index in [1.165, 1.54) is 0 Å². The van der Waals surface area contributed by atoms with E-state index in [0.717, 1.165) is 6.20 Å². The minimum Gasteiger partial charge on any atom is -0.480 e. The van der Waals surface area contributed by atoms with Crippen LogP contribution in [-0.2, 0) is 9.59 Å². The van der Waals surface area contributed by atoms with Crippen LogP contribution in [0.4, 0.5) is 5.69 Å². The fourth-order valence-electron chi connectivity index (χ4n) is 1.16. The number of nitriles is 1. The highest BCUT2D eigenvalue weighted by atomic mass is 35.5. The van der Waals surface area contributed by atoms with E-state index in [0.29, 0.717) is 10.7 Å². The number of carbonyl (C=O) groups is 2. The number of amides is 1. The number of nitrogens with zero attached hydrogens (tertiary/aromatic N) is 1. The maximum Gasteiger partial charge on any atom is 0.322 e. The van der Waals surface area contributed by atoms with Gasteiger partial charge >= 0.3 is 5.97 Å². The number of rotatable bonds is 5. The molecule has 0 aliphatic rings. The van der Waals surface area contributed by atoms with Crippen molar-refractivity contribution in [2.24, 2.45) is 0 Å². The minimum atomic E-state index is -1.21. The molecule has 1 aromatic rings. The molecule has 0 bridgehead atoms. The van der Waals surface area contributed by atoms with Gasteiger partial charge in [0.25, 0.3) is 5.91 Å². The maximum atomic E-state index is 11.5. The molecule has 8 heteroatoms. The highest BCUT2D eigenvalue weighted by molar-refractivity contribution is 6.43. The number of aliphatic carboxylic acids is 1. The predicted molar refractivity (Wildman–Crippen MR) is 74.4 cm³/mol. The van der Waals surface area contributed by atoms with E-state index in [-0.39, 0.29) is 10.6 Å². The lowest BCUT2D eigenvalue weighted by Crippen LogP contribution is -2.30. The fourth-order valence-corrected chi connectivity index (χ4v) is 1.52. The van der Waals surface area contributed by atoms with Gasteiger partial charge in [0, 0.05) is 6.20 Å². The van der Waals surface area contributed by atoms with Crippen LogP contribution in [0.15, 0.2) is 30.0 Å². The molecule has 0 atom stereocenters. The summed E-state index contributed by atoms with van der Waals surface area (Å²) >= 11 is 11.7. The third-order valence-corrected chi connectivity index (χ3v) is 2.91. The Morgan fingerprint density at radius 3 is 2.70 bits per heavy atom. The van der Waals surface area contributed by atoms with Crippen LogP contribution in [0.2, 0.25) is 10.0 Å². The van der Waals surface area contributed by atoms with Gasteiger partial charge in [0.05, 0.1) is 15.7 Å². The molecule has 20 heavy (non-hydrogen) atoms. The SMILES string of the molecule is N#C/C(=C/Nc1cccc(Cl)c1Cl)C(=O)NCC(=O)O. The maximum absolute atomic E-state index is 11.5. The number of anilines is 1. The smallest absolute Gasteiger partial charge is 0.322 e. The summed E-state index contributed by atoms with van der Waals surface area (Å²) in [4.78, 5) is 21.8. The van der Waals surface area contributed by atoms with E-state index < -0.39 is 18.4 Å². The standard InChI is InChI=1S/C12H9Cl2N3O3/c13-8-2-1-3-9(11(8)14)16-5-7(4-15)12(20)17-6-10(18)19/h1-3,5,16H,6H2,(H,17,20)(H,18,19)/b7-5-. The molecule has 1 rings (SSSR count). The zero-order valence-electron chi connectivity index (χ0n) is 9.98. The van der Waals surface area contributed by atoms with Gasteiger partial charge in [0.1, 0.15) is 18.2 Å². The second-order valence-corrected chi connectivity index (χ2v) is 4.28. The number of benzene rings is 1. The van der Waals surface area contributed by atoms with Crippen molar-refractivity contribution in [2.75, 3.05) is 11.9 Å². The molecule has 0 radical (unpaired) electrons. The molecule has 0 heterocycles. The van der Waals surface area contributed by atoms with Gasteiger partial charge in [-0.2, -0.15) is 5.26 Å². The van der Waals surface area contributed by atoms with Crippen molar-refractivity contribution in [3.8, 4) is 6.07 Å². The van der Waals surface area contributed by atoms with Crippen molar-refractivity contribution >= 4 is 40.8 Å². The number of nitrogens with one attached hydrogen (secondary N) is 2. The van der Waals surface area contributed by atoms with Crippen LogP contribution < -0.4 is 10.6 Å². The van der Waals surface area contributed by atoms with Crippen LogP contribution in [0.25, 0.3) is 0 Å². The summed E-state index contributed by atoms with van der Waals surface area (Å²) in [6.45, 7) is -0.574. The van der Waals surface area contributed by atoms with E-state index in [9.17, 15) is 9.59 Å². The third-order valence-electron chi connectivity index (χ3n) is 2.09. The van der Waals surface area contributed by atoms with Gasteiger partial charge in [-0.15, -0.1) is 0 Å². The van der Waals surface area contributed by atoms with Crippen molar-refractivity contribution in [3.63, 3.8) is 0 Å². The molecule has 3 N–H and O–H groups in total. The minimum absolute atomic E-state index is 0.244. The predicted octanol–water partition coefficient (Wildman–Crippen LogP) is 2.01. The van der Waals surface area contributed by atoms with E-state index in [1.54, 1.807) is 24.3 Å². The highest BCUT2D eigenvalue weighted by Crippen LogP contribution is 2.29. The molecule has 0 saturated heterocycles. The molecule has 1 amide bonds. The largest absolute Gasteiger partial charge is 0.480 e. The van der Waals surface area contributed by atoms with Crippen LogP contribution >= 0.6 is 23.2 Å². The van der Waals surface area contributed by atoms with Crippen molar-refractivity contribution in [2.45, 2.75) is 0 Å². The lowest BCUT2D eigenvalue weighted by molar-refractivity contribution is -0.137. The van der Waals surface area contributed by atoms with Gasteiger partial charge < -0.3 is 15.7 Å². The van der Waals surface area contributed by atoms with Crippen molar-refractivity contribution in [3.05, 3.63) is 40.0 Å². The molecule has 0 aromatic heterocycles. The summed E-state index contributed by atoms with van der Waals surface area (Å²) < 4.78 is 0. The summed E-state index contributed by atoms with van der Waals surface area (Å²) in [5.74, 6) is -2.01.